The number of ether oxygens (including phenoxy) is 1. The number of nitrogens with one attached hydrogen (secondary N) is 1. The average molecular weight is 378 g/mol. The van der Waals surface area contributed by atoms with Gasteiger partial charge in [-0.2, -0.15) is 11.8 Å². The Morgan fingerprint density at radius 2 is 1.84 bits per heavy atom. The summed E-state index contributed by atoms with van der Waals surface area (Å²) in [5, 5.41) is 3.70. The van der Waals surface area contributed by atoms with E-state index in [9.17, 15) is 4.79 Å². The third kappa shape index (κ3) is 7.00. The van der Waals surface area contributed by atoms with Gasteiger partial charge in [0.05, 0.1) is 6.61 Å². The molecule has 0 unspecified atom stereocenters. The number of carbonyl (C=O) groups excluding carboxylic acids is 1. The fraction of sp³-hybridized carbons (Fsp3) is 0.350. The summed E-state index contributed by atoms with van der Waals surface area (Å²) in [6.45, 7) is 4.66. The summed E-state index contributed by atoms with van der Waals surface area (Å²) in [7, 11) is 0. The number of thioether (sulfide) groups is 1. The van der Waals surface area contributed by atoms with Crippen molar-refractivity contribution in [1.82, 2.24) is 0 Å². The minimum atomic E-state index is 0.0770. The molecule has 0 aliphatic rings. The third-order valence-corrected chi connectivity index (χ3v) is 5.00. The molecule has 0 aromatic heterocycles. The van der Waals surface area contributed by atoms with Crippen molar-refractivity contribution in [2.24, 2.45) is 0 Å². The normalized spacial score (nSPS) is 10.5. The van der Waals surface area contributed by atoms with Crippen LogP contribution in [0.15, 0.2) is 42.5 Å². The van der Waals surface area contributed by atoms with Crippen molar-refractivity contribution in [3.63, 3.8) is 0 Å². The highest BCUT2D eigenvalue weighted by Crippen LogP contribution is 2.20. The van der Waals surface area contributed by atoms with Gasteiger partial charge < -0.3 is 10.1 Å². The standard InChI is InChI=1S/C20H24ClNO2S/c1-15-6-3-7-16(2)20(15)22-19(23)10-5-12-25-13-11-24-18-9-4-8-17(21)14-18/h3-4,6-9,14H,5,10-13H2,1-2H3,(H,22,23). The van der Waals surface area contributed by atoms with E-state index in [-0.39, 0.29) is 5.91 Å². The van der Waals surface area contributed by atoms with Crippen LogP contribution in [0.3, 0.4) is 0 Å². The van der Waals surface area contributed by atoms with E-state index in [4.69, 9.17) is 16.3 Å². The zero-order chi connectivity index (χ0) is 18.1. The molecule has 0 saturated carbocycles. The number of hydrogen-bond acceptors (Lipinski definition) is 3. The SMILES string of the molecule is Cc1cccc(C)c1NC(=O)CCCSCCOc1cccc(Cl)c1. The molecule has 1 N–H and O–H groups in total. The quantitative estimate of drug-likeness (QED) is 0.587. The highest BCUT2D eigenvalue weighted by atomic mass is 35.5. The first-order valence-electron chi connectivity index (χ1n) is 8.38. The van der Waals surface area contributed by atoms with E-state index in [2.05, 4.69) is 5.32 Å². The van der Waals surface area contributed by atoms with Gasteiger partial charge in [-0.05, 0) is 55.3 Å². The Morgan fingerprint density at radius 3 is 2.56 bits per heavy atom. The Bertz CT molecular complexity index is 686. The van der Waals surface area contributed by atoms with Crippen LogP contribution in [0.25, 0.3) is 0 Å². The summed E-state index contributed by atoms with van der Waals surface area (Å²) in [6, 6.07) is 13.4. The second kappa shape index (κ2) is 10.4. The van der Waals surface area contributed by atoms with Gasteiger partial charge in [0.1, 0.15) is 5.75 Å². The van der Waals surface area contributed by atoms with E-state index in [1.165, 1.54) is 0 Å². The molecule has 0 fully saturated rings. The predicted octanol–water partition coefficient (Wildman–Crippen LogP) is 5.49. The molecule has 0 aliphatic carbocycles. The maximum atomic E-state index is 12.1. The van der Waals surface area contributed by atoms with E-state index in [0.717, 1.165) is 40.5 Å². The number of benzene rings is 2. The first kappa shape index (κ1) is 19.7. The molecule has 0 heterocycles. The molecule has 134 valence electrons. The van der Waals surface area contributed by atoms with Gasteiger partial charge in [-0.15, -0.1) is 0 Å². The zero-order valence-electron chi connectivity index (χ0n) is 14.7. The molecule has 0 bridgehead atoms. The van der Waals surface area contributed by atoms with Crippen molar-refractivity contribution in [3.8, 4) is 5.75 Å². The van der Waals surface area contributed by atoms with E-state index in [1.54, 1.807) is 11.8 Å². The molecule has 2 rings (SSSR count). The van der Waals surface area contributed by atoms with Crippen LogP contribution in [-0.2, 0) is 4.79 Å². The maximum Gasteiger partial charge on any atom is 0.224 e. The lowest BCUT2D eigenvalue weighted by Crippen LogP contribution is -2.13. The lowest BCUT2D eigenvalue weighted by molar-refractivity contribution is -0.116. The highest BCUT2D eigenvalue weighted by molar-refractivity contribution is 7.99. The number of anilines is 1. The monoisotopic (exact) mass is 377 g/mol. The molecule has 0 spiro atoms. The molecule has 1 amide bonds. The van der Waals surface area contributed by atoms with Crippen molar-refractivity contribution in [2.45, 2.75) is 26.7 Å². The Morgan fingerprint density at radius 1 is 1.12 bits per heavy atom. The summed E-state index contributed by atoms with van der Waals surface area (Å²) in [5.74, 6) is 2.71. The van der Waals surface area contributed by atoms with Crippen molar-refractivity contribution >= 4 is 35.0 Å². The molecule has 2 aromatic rings. The molecular formula is C20H24ClNO2S. The summed E-state index contributed by atoms with van der Waals surface area (Å²) in [5.41, 5.74) is 3.14. The molecule has 2 aromatic carbocycles. The van der Waals surface area contributed by atoms with Crippen LogP contribution in [-0.4, -0.2) is 24.0 Å². The second-order valence-corrected chi connectivity index (χ2v) is 7.50. The second-order valence-electron chi connectivity index (χ2n) is 5.84. The average Bonchev–Trinajstić information content (AvgIpc) is 2.57. The number of hydrogen-bond donors (Lipinski definition) is 1. The Kier molecular flexibility index (Phi) is 8.16. The fourth-order valence-corrected chi connectivity index (χ4v) is 3.36. The largest absolute Gasteiger partial charge is 0.493 e. The van der Waals surface area contributed by atoms with Crippen LogP contribution < -0.4 is 10.1 Å². The van der Waals surface area contributed by atoms with Crippen molar-refractivity contribution in [1.29, 1.82) is 0 Å². The smallest absolute Gasteiger partial charge is 0.224 e. The van der Waals surface area contributed by atoms with Crippen molar-refractivity contribution in [3.05, 3.63) is 58.6 Å². The minimum absolute atomic E-state index is 0.0770. The predicted molar refractivity (Wildman–Crippen MR) is 108 cm³/mol. The van der Waals surface area contributed by atoms with Gasteiger partial charge >= 0.3 is 0 Å². The molecule has 25 heavy (non-hydrogen) atoms. The van der Waals surface area contributed by atoms with E-state index < -0.39 is 0 Å². The van der Waals surface area contributed by atoms with Crippen LogP contribution in [0, 0.1) is 13.8 Å². The van der Waals surface area contributed by atoms with E-state index in [1.807, 2.05) is 56.3 Å². The Labute approximate surface area is 159 Å². The number of rotatable bonds is 9. The van der Waals surface area contributed by atoms with Crippen LogP contribution in [0.4, 0.5) is 5.69 Å². The Balaban J connectivity index is 1.57. The first-order chi connectivity index (χ1) is 12.1. The highest BCUT2D eigenvalue weighted by Gasteiger charge is 2.07. The zero-order valence-corrected chi connectivity index (χ0v) is 16.3. The van der Waals surface area contributed by atoms with Crippen LogP contribution in [0.2, 0.25) is 5.02 Å². The van der Waals surface area contributed by atoms with Gasteiger partial charge in [0.25, 0.3) is 0 Å². The lowest BCUT2D eigenvalue weighted by atomic mass is 10.1. The van der Waals surface area contributed by atoms with Crippen LogP contribution in [0.5, 0.6) is 5.75 Å². The number of amides is 1. The Hall–Kier alpha value is -1.65. The summed E-state index contributed by atoms with van der Waals surface area (Å²) < 4.78 is 5.64. The van der Waals surface area contributed by atoms with Gasteiger partial charge in [0.2, 0.25) is 5.91 Å². The molecule has 0 aliphatic heterocycles. The van der Waals surface area contributed by atoms with Gasteiger partial charge in [0.15, 0.2) is 0 Å². The summed E-state index contributed by atoms with van der Waals surface area (Å²) in [6.07, 6.45) is 1.40. The van der Waals surface area contributed by atoms with Gasteiger partial charge in [-0.1, -0.05) is 35.9 Å². The number of para-hydroxylation sites is 1. The number of carbonyl (C=O) groups is 1. The van der Waals surface area contributed by atoms with E-state index in [0.29, 0.717) is 18.1 Å². The van der Waals surface area contributed by atoms with Gasteiger partial charge in [-0.25, -0.2) is 0 Å². The lowest BCUT2D eigenvalue weighted by Gasteiger charge is -2.11. The summed E-state index contributed by atoms with van der Waals surface area (Å²) in [4.78, 5) is 12.1. The molecule has 0 atom stereocenters. The number of aryl methyl sites for hydroxylation is 2. The molecule has 5 heteroatoms. The number of halogens is 1. The van der Waals surface area contributed by atoms with Crippen LogP contribution >= 0.6 is 23.4 Å². The first-order valence-corrected chi connectivity index (χ1v) is 9.91. The van der Waals surface area contributed by atoms with Crippen LogP contribution in [0.1, 0.15) is 24.0 Å². The third-order valence-electron chi connectivity index (χ3n) is 3.73. The topological polar surface area (TPSA) is 38.3 Å². The van der Waals surface area contributed by atoms with Crippen molar-refractivity contribution < 1.29 is 9.53 Å². The fourth-order valence-electron chi connectivity index (χ4n) is 2.43. The molecule has 0 radical (unpaired) electrons. The van der Waals surface area contributed by atoms with Gasteiger partial charge in [0, 0.05) is 22.9 Å². The summed E-state index contributed by atoms with van der Waals surface area (Å²) >= 11 is 7.70. The van der Waals surface area contributed by atoms with Crippen molar-refractivity contribution in [2.75, 3.05) is 23.4 Å². The minimum Gasteiger partial charge on any atom is -0.493 e. The van der Waals surface area contributed by atoms with E-state index >= 15 is 0 Å². The molecular weight excluding hydrogens is 354 g/mol. The van der Waals surface area contributed by atoms with Gasteiger partial charge in [-0.3, -0.25) is 4.79 Å². The maximum absolute atomic E-state index is 12.1. The molecule has 0 saturated heterocycles. The molecule has 3 nitrogen and oxygen atoms in total.